The number of ether oxygens (including phenoxy) is 1. The smallest absolute Gasteiger partial charge is 1.00 e. The van der Waals surface area contributed by atoms with Crippen LogP contribution in [0.4, 0.5) is 5.69 Å². The van der Waals surface area contributed by atoms with Gasteiger partial charge in [-0.05, 0) is 24.4 Å². The number of anilines is 1. The van der Waals surface area contributed by atoms with Crippen LogP contribution in [-0.4, -0.2) is 12.2 Å². The van der Waals surface area contributed by atoms with E-state index >= 15 is 0 Å². The average molecular weight is 231 g/mol. The minimum absolute atomic E-state index is 0. The second-order valence-electron chi connectivity index (χ2n) is 2.39. The van der Waals surface area contributed by atoms with Gasteiger partial charge in [-0.3, -0.25) is 5.32 Å². The predicted octanol–water partition coefficient (Wildman–Crippen LogP) is -1.42. The van der Waals surface area contributed by atoms with Crippen LogP contribution in [0.25, 0.3) is 0 Å². The van der Waals surface area contributed by atoms with Crippen LogP contribution < -0.4 is 44.9 Å². The zero-order valence-electron chi connectivity index (χ0n) is 9.57. The molecule has 4 nitrogen and oxygen atoms in total. The van der Waals surface area contributed by atoms with Crippen LogP contribution in [0, 0.1) is 11.5 Å². The molecule has 1 aromatic rings. The first-order valence-corrected chi connectivity index (χ1v) is 4.28. The molecule has 6 heteroatoms. The van der Waals surface area contributed by atoms with E-state index in [1.54, 1.807) is 19.4 Å². The van der Waals surface area contributed by atoms with Gasteiger partial charge in [-0.15, -0.1) is 0 Å². The molecule has 0 saturated heterocycles. The predicted molar refractivity (Wildman–Crippen MR) is 59.1 cm³/mol. The zero-order valence-corrected chi connectivity index (χ0v) is 11.4. The molecule has 0 aliphatic rings. The third kappa shape index (κ3) is 4.49. The van der Waals surface area contributed by atoms with Crippen LogP contribution in [0.2, 0.25) is 0 Å². The molecule has 0 radical (unpaired) electrons. The number of hydrogen-bond acceptors (Lipinski definition) is 3. The summed E-state index contributed by atoms with van der Waals surface area (Å²) in [6.45, 7) is 0. The third-order valence-electron chi connectivity index (χ3n) is 1.52. The van der Waals surface area contributed by atoms with E-state index in [1.165, 1.54) is 0 Å². The van der Waals surface area contributed by atoms with Gasteiger partial charge >= 0.3 is 29.6 Å². The standard InChI is InChI=1S/C9H9N3OS.Na.H/c1-13-8-5-3-2-4-7(8)12-9(14)11-6-10;;/h2-5H,1H3,(H2,11,12,14);;/q;+1;-1. The van der Waals surface area contributed by atoms with E-state index in [0.717, 1.165) is 5.69 Å². The summed E-state index contributed by atoms with van der Waals surface area (Å²) in [7, 11) is 1.57. The first-order valence-electron chi connectivity index (χ1n) is 3.87. The molecule has 0 bridgehead atoms. The van der Waals surface area contributed by atoms with E-state index in [1.807, 2.05) is 18.2 Å². The van der Waals surface area contributed by atoms with E-state index in [9.17, 15) is 0 Å². The second-order valence-corrected chi connectivity index (χ2v) is 2.80. The molecule has 15 heavy (non-hydrogen) atoms. The van der Waals surface area contributed by atoms with Gasteiger partial charge in [0.1, 0.15) is 5.75 Å². The monoisotopic (exact) mass is 231 g/mol. The van der Waals surface area contributed by atoms with E-state index in [0.29, 0.717) is 5.75 Å². The molecule has 1 rings (SSSR count). The number of hydrogen-bond donors (Lipinski definition) is 2. The van der Waals surface area contributed by atoms with Crippen molar-refractivity contribution >= 4 is 23.0 Å². The molecule has 0 saturated carbocycles. The van der Waals surface area contributed by atoms with Crippen molar-refractivity contribution in [3.63, 3.8) is 0 Å². The van der Waals surface area contributed by atoms with Crippen LogP contribution >= 0.6 is 12.2 Å². The van der Waals surface area contributed by atoms with Crippen LogP contribution in [0.1, 0.15) is 1.43 Å². The molecule has 0 aromatic heterocycles. The van der Waals surface area contributed by atoms with Crippen LogP contribution in [0.3, 0.4) is 0 Å². The zero-order chi connectivity index (χ0) is 10.4. The van der Waals surface area contributed by atoms with Gasteiger partial charge in [0.15, 0.2) is 11.3 Å². The number of nitrogens with one attached hydrogen (secondary N) is 2. The summed E-state index contributed by atoms with van der Waals surface area (Å²) in [4.78, 5) is 0. The summed E-state index contributed by atoms with van der Waals surface area (Å²) in [5.41, 5.74) is 0.725. The Kier molecular flexibility index (Phi) is 7.09. The summed E-state index contributed by atoms with van der Waals surface area (Å²) in [5.74, 6) is 0.676. The number of nitrogens with zero attached hydrogens (tertiary/aromatic N) is 1. The quantitative estimate of drug-likeness (QED) is 0.283. The fourth-order valence-electron chi connectivity index (χ4n) is 0.952. The fraction of sp³-hybridized carbons (Fsp3) is 0.111. The Labute approximate surface area is 117 Å². The fourth-order valence-corrected chi connectivity index (χ4v) is 1.11. The maximum absolute atomic E-state index is 8.32. The normalized spacial score (nSPS) is 8.00. The number of methoxy groups -OCH3 is 1. The molecule has 0 unspecified atom stereocenters. The summed E-state index contributed by atoms with van der Waals surface area (Å²) in [6, 6.07) is 7.31. The van der Waals surface area contributed by atoms with Crippen LogP contribution in [-0.2, 0) is 0 Å². The van der Waals surface area contributed by atoms with Crippen molar-refractivity contribution < 1.29 is 35.7 Å². The Morgan fingerprint density at radius 1 is 1.53 bits per heavy atom. The molecule has 74 valence electrons. The molecule has 0 aliphatic carbocycles. The molecular weight excluding hydrogens is 221 g/mol. The Morgan fingerprint density at radius 3 is 2.80 bits per heavy atom. The molecule has 2 N–H and O–H groups in total. The summed E-state index contributed by atoms with van der Waals surface area (Å²) in [6.07, 6.45) is 1.73. The van der Waals surface area contributed by atoms with Crippen molar-refractivity contribution in [2.45, 2.75) is 0 Å². The maximum atomic E-state index is 8.32. The number of thiocarbonyl (C=S) groups is 1. The molecule has 0 atom stereocenters. The number of rotatable bonds is 2. The molecule has 1 aromatic carbocycles. The molecule has 0 spiro atoms. The molecular formula is C9H10N3NaOS. The summed E-state index contributed by atoms with van der Waals surface area (Å²) in [5, 5.41) is 13.7. The SMILES string of the molecule is COc1ccccc1NC(=S)NC#N.[H-].[Na+]. The molecule has 0 heterocycles. The minimum Gasteiger partial charge on any atom is -1.00 e. The Balaban J connectivity index is 0. The van der Waals surface area contributed by atoms with Crippen LogP contribution in [0.15, 0.2) is 24.3 Å². The summed E-state index contributed by atoms with van der Waals surface area (Å²) >= 11 is 4.84. The van der Waals surface area contributed by atoms with Gasteiger partial charge in [0.25, 0.3) is 0 Å². The van der Waals surface area contributed by atoms with E-state index in [2.05, 4.69) is 10.6 Å². The van der Waals surface area contributed by atoms with E-state index in [4.69, 9.17) is 22.2 Å². The Hall–Kier alpha value is -0.800. The van der Waals surface area contributed by atoms with Gasteiger partial charge in [-0.1, -0.05) is 12.1 Å². The Bertz CT molecular complexity index is 383. The number of benzene rings is 1. The Morgan fingerprint density at radius 2 is 2.20 bits per heavy atom. The summed E-state index contributed by atoms with van der Waals surface area (Å²) < 4.78 is 5.09. The van der Waals surface area contributed by atoms with Gasteiger partial charge in [0, 0.05) is 0 Å². The van der Waals surface area contributed by atoms with Crippen molar-refractivity contribution in [2.75, 3.05) is 12.4 Å². The minimum atomic E-state index is 0. The first-order chi connectivity index (χ1) is 6.77. The second kappa shape index (κ2) is 7.49. The maximum Gasteiger partial charge on any atom is 1.00 e. The third-order valence-corrected chi connectivity index (χ3v) is 1.73. The van der Waals surface area contributed by atoms with Gasteiger partial charge in [-0.25, -0.2) is 0 Å². The number of nitriles is 1. The van der Waals surface area contributed by atoms with Crippen molar-refractivity contribution in [3.05, 3.63) is 24.3 Å². The van der Waals surface area contributed by atoms with Crippen molar-refractivity contribution in [1.29, 1.82) is 5.26 Å². The molecule has 0 amide bonds. The van der Waals surface area contributed by atoms with E-state index in [-0.39, 0.29) is 36.1 Å². The number of para-hydroxylation sites is 2. The van der Waals surface area contributed by atoms with Gasteiger partial charge in [-0.2, -0.15) is 5.26 Å². The first kappa shape index (κ1) is 14.2. The van der Waals surface area contributed by atoms with Gasteiger partial charge in [0.2, 0.25) is 0 Å². The van der Waals surface area contributed by atoms with Crippen molar-refractivity contribution in [1.82, 2.24) is 5.32 Å². The molecule has 0 aliphatic heterocycles. The topological polar surface area (TPSA) is 57.1 Å². The van der Waals surface area contributed by atoms with Gasteiger partial charge in [0.05, 0.1) is 12.8 Å². The average Bonchev–Trinajstić information content (AvgIpc) is 2.19. The van der Waals surface area contributed by atoms with Gasteiger partial charge < -0.3 is 11.5 Å². The van der Waals surface area contributed by atoms with E-state index < -0.39 is 0 Å². The van der Waals surface area contributed by atoms with Crippen LogP contribution in [0.5, 0.6) is 5.75 Å². The molecule has 0 fully saturated rings. The van der Waals surface area contributed by atoms with Crippen molar-refractivity contribution in [2.24, 2.45) is 0 Å². The largest absolute Gasteiger partial charge is 1.00 e. The van der Waals surface area contributed by atoms with Crippen molar-refractivity contribution in [3.8, 4) is 11.9 Å².